The first kappa shape index (κ1) is 102. The van der Waals surface area contributed by atoms with E-state index in [2.05, 4.69) is 46.6 Å². The number of carboxylic acids is 2. The molecule has 4 saturated heterocycles. The van der Waals surface area contributed by atoms with Crippen LogP contribution in [0.1, 0.15) is 276 Å². The number of methoxy groups -OCH3 is 2. The van der Waals surface area contributed by atoms with Gasteiger partial charge in [0.25, 0.3) is 0 Å². The maximum atomic E-state index is 14.0. The lowest BCUT2D eigenvalue weighted by Gasteiger charge is -2.35. The van der Waals surface area contributed by atoms with Gasteiger partial charge in [0.2, 0.25) is 29.5 Å². The number of nitrogens with one attached hydrogen (secondary N) is 3. The molecule has 0 bridgehead atoms. The van der Waals surface area contributed by atoms with E-state index in [1.54, 1.807) is 39.5 Å². The van der Waals surface area contributed by atoms with E-state index in [1.807, 2.05) is 122 Å². The number of ether oxygens (including phenoxy) is 4. The second kappa shape index (κ2) is 49.8. The second-order valence-electron chi connectivity index (χ2n) is 33.6. The molecule has 5 fully saturated rings. The number of hydrogen-bond acceptors (Lipinski definition) is 20. The average molecular weight is 1630 g/mol. The minimum Gasteiger partial charge on any atom is -0.481 e. The average Bonchev–Trinajstić information content (AvgIpc) is 1.60. The monoisotopic (exact) mass is 1630 g/mol. The van der Waals surface area contributed by atoms with Gasteiger partial charge in [-0.2, -0.15) is 0 Å². The van der Waals surface area contributed by atoms with Crippen LogP contribution in [0.5, 0.6) is 0 Å². The fourth-order valence-electron chi connectivity index (χ4n) is 11.9. The van der Waals surface area contributed by atoms with Crippen molar-refractivity contribution in [2.75, 3.05) is 76.8 Å². The molecule has 7 rings (SSSR count). The molecule has 1 saturated carbocycles. The molecule has 0 radical (unpaired) electrons. The number of esters is 2. The van der Waals surface area contributed by atoms with Crippen LogP contribution in [0.4, 0.5) is 21.0 Å². The molecule has 5 unspecified atom stereocenters. The molecule has 2 aromatic heterocycles. The van der Waals surface area contributed by atoms with Crippen molar-refractivity contribution in [1.29, 1.82) is 0 Å². The van der Waals surface area contributed by atoms with Crippen molar-refractivity contribution in [3.63, 3.8) is 0 Å². The summed E-state index contributed by atoms with van der Waals surface area (Å²) in [5.74, 6) is 11.1. The second-order valence-corrected chi connectivity index (χ2v) is 35.7. The van der Waals surface area contributed by atoms with Crippen LogP contribution in [-0.4, -0.2) is 209 Å². The molecule has 112 heavy (non-hydrogen) atoms. The first-order chi connectivity index (χ1) is 51.5. The predicted octanol–water partition coefficient (Wildman–Crippen LogP) is 13.1. The van der Waals surface area contributed by atoms with E-state index < -0.39 is 47.3 Å². The summed E-state index contributed by atoms with van der Waals surface area (Å²) < 4.78 is 20.1. The van der Waals surface area contributed by atoms with Crippen LogP contribution in [0.25, 0.3) is 0 Å². The number of likely N-dealkylation sites (tertiary alicyclic amines) is 4. The van der Waals surface area contributed by atoms with Gasteiger partial charge in [-0.15, -0.1) is 35.1 Å². The minimum atomic E-state index is -0.950. The minimum absolute atomic E-state index is 0. The summed E-state index contributed by atoms with van der Waals surface area (Å²) in [7, 11) is 2.72. The van der Waals surface area contributed by atoms with Crippen molar-refractivity contribution < 1.29 is 81.9 Å². The van der Waals surface area contributed by atoms with Gasteiger partial charge in [-0.05, 0) is 220 Å². The Morgan fingerprint density at radius 1 is 0.500 bits per heavy atom. The number of thiophene rings is 2. The molecule has 0 spiro atoms. The largest absolute Gasteiger partial charge is 0.481 e. The third-order valence-electron chi connectivity index (χ3n) is 17.3. The molecule has 4 aliphatic heterocycles. The van der Waals surface area contributed by atoms with Gasteiger partial charge in [0.05, 0.1) is 48.2 Å². The normalized spacial score (nSPS) is 17.4. The van der Waals surface area contributed by atoms with Crippen LogP contribution < -0.4 is 32.3 Å². The summed E-state index contributed by atoms with van der Waals surface area (Å²) in [5, 5.41) is 24.8. The Hall–Kier alpha value is -7.70. The van der Waals surface area contributed by atoms with E-state index in [4.69, 9.17) is 40.6 Å². The quantitative estimate of drug-likeness (QED) is 0.0347. The summed E-state index contributed by atoms with van der Waals surface area (Å²) in [6, 6.07) is 2.39. The zero-order chi connectivity index (χ0) is 84.3. The number of halogens is 1. The summed E-state index contributed by atoms with van der Waals surface area (Å²) in [6.07, 6.45) is 12.7. The molecular weight excluding hydrogens is 1500 g/mol. The smallest absolute Gasteiger partial charge is 0.407 e. The van der Waals surface area contributed by atoms with E-state index >= 15 is 0 Å². The number of carbonyl (C=O) groups excluding carboxylic acids is 9. The molecule has 634 valence electrons. The van der Waals surface area contributed by atoms with Gasteiger partial charge in [-0.1, -0.05) is 30.6 Å². The number of carboxylic acid groups (broad SMARTS) is 2. The number of hydrogen-bond donors (Lipinski definition) is 7. The number of carbonyl (C=O) groups is 11. The molecular formula is C82H135ClN10O17S2. The van der Waals surface area contributed by atoms with Crippen molar-refractivity contribution >= 4 is 112 Å². The number of nitrogens with zero attached hydrogens (tertiary/aromatic N) is 5. The van der Waals surface area contributed by atoms with Gasteiger partial charge in [0, 0.05) is 131 Å². The summed E-state index contributed by atoms with van der Waals surface area (Å²) >= 11 is 2.56. The van der Waals surface area contributed by atoms with Gasteiger partial charge in [0.15, 0.2) is 0 Å². The fourth-order valence-corrected chi connectivity index (χ4v) is 13.8. The Morgan fingerprint density at radius 2 is 0.839 bits per heavy atom. The maximum Gasteiger partial charge on any atom is 0.407 e. The lowest BCUT2D eigenvalue weighted by atomic mass is 9.82. The van der Waals surface area contributed by atoms with Crippen LogP contribution in [0.2, 0.25) is 0 Å². The van der Waals surface area contributed by atoms with Crippen LogP contribution >= 0.6 is 35.1 Å². The fraction of sp³-hybridized carbons (Fsp3) is 0.720. The van der Waals surface area contributed by atoms with Crippen LogP contribution in [0.15, 0.2) is 12.1 Å². The number of anilines is 2. The van der Waals surface area contributed by atoms with Gasteiger partial charge in [0.1, 0.15) is 21.0 Å². The third-order valence-corrected chi connectivity index (χ3v) is 19.3. The number of rotatable bonds is 21. The standard InChI is InChI=1S/C28H40N2O4S.C20H28N2O3S.C13H24N2O3.C9H17NO4.C8H16N2O.C4H9NO2.ClH/c1-19-9-11-21(12-10-19)26(32)30(20(2)17-24(31)29-15-7-8-16-29)23-18-22(13-14-28(3,4)5)35-25(23)27(33)34-6;1-14(12-17(23)22-10-6-7-11-22)21-16-13-15(8-9-20(2,3)4)26-18(16)19(24)25-5;1-10(14-12(17)18-13(2,3)4)9-11(16)15-7-5-6-8-15;1-6(5-7(11)12)10-8(13)14-9(2,3)4;1-7(9)6-8(11)10-4-2-3-5-10;1-3(5)2-4(6)7;/h18-21H,7-12,15-17H2,1-6H3;13-14,21H,6-7,10-12H2,1-5H3;10H,5-9H2,1-4H3,(H,14,17);6H,5H2,1-4H3,(H,10,13)(H,11,12);7H,2-6,9H2,1H3;3H,2,5H2,1H3,(H,6,7);1H/t19?,20-,21?;;;;;;/m0....../s1. The Kier molecular flexibility index (Phi) is 45.5. The molecule has 30 heteroatoms. The Bertz CT molecular complexity index is 3460. The summed E-state index contributed by atoms with van der Waals surface area (Å²) in [4.78, 5) is 142. The lowest BCUT2D eigenvalue weighted by Crippen LogP contribution is -2.46. The first-order valence-corrected chi connectivity index (χ1v) is 40.8. The summed E-state index contributed by atoms with van der Waals surface area (Å²) in [5.41, 5.74) is 10.4. The van der Waals surface area contributed by atoms with E-state index in [0.717, 1.165) is 134 Å². The van der Waals surface area contributed by atoms with Gasteiger partial charge in [-0.25, -0.2) is 19.2 Å². The molecule has 0 aromatic carbocycles. The SMILES string of the molecule is CC(CC(=O)N1CCCC1)NC(=O)OC(C)(C)C.CC(CC(=O)O)NC(=O)OC(C)(C)C.CC(N)CC(=O)N1CCCC1.CC(N)CC(=O)O.COC(=O)c1sc(C#CC(C)(C)C)cc1N(C(=O)C1CCC(C)CC1)[C@@H](C)CC(=O)N1CCCC1.COC(=O)c1sc(C#CC(C)(C)C)cc1NC(C)CC(=O)N1CCCC1.Cl. The molecule has 27 nitrogen and oxygen atoms in total. The Labute approximate surface area is 681 Å². The van der Waals surface area contributed by atoms with Gasteiger partial charge < -0.3 is 81.1 Å². The van der Waals surface area contributed by atoms with E-state index in [-0.39, 0.29) is 114 Å². The number of nitrogens with two attached hydrogens (primary N) is 2. The van der Waals surface area contributed by atoms with E-state index in [1.165, 1.54) is 36.9 Å². The molecule has 1 aliphatic carbocycles. The van der Waals surface area contributed by atoms with Crippen LogP contribution in [0, 0.1) is 46.3 Å². The zero-order valence-electron chi connectivity index (χ0n) is 70.8. The van der Waals surface area contributed by atoms with Crippen molar-refractivity contribution in [2.24, 2.45) is 34.1 Å². The van der Waals surface area contributed by atoms with Crippen molar-refractivity contribution in [1.82, 2.24) is 30.2 Å². The van der Waals surface area contributed by atoms with Crippen LogP contribution in [-0.2, 0) is 52.5 Å². The van der Waals surface area contributed by atoms with E-state index in [0.29, 0.717) is 51.2 Å². The topological polar surface area (TPSA) is 369 Å². The molecule has 7 amide bonds. The molecule has 2 aromatic rings. The molecule has 6 atom stereocenters. The highest BCUT2D eigenvalue weighted by atomic mass is 35.5. The Balaban J connectivity index is 0.000000719. The summed E-state index contributed by atoms with van der Waals surface area (Å²) in [6.45, 7) is 42.7. The van der Waals surface area contributed by atoms with Crippen molar-refractivity contribution in [2.45, 2.75) is 295 Å². The third kappa shape index (κ3) is 43.0. The first-order valence-electron chi connectivity index (χ1n) is 39.2. The molecule has 6 heterocycles. The van der Waals surface area contributed by atoms with Crippen molar-refractivity contribution in [3.05, 3.63) is 31.6 Å². The number of alkyl carbamates (subject to hydrolysis) is 2. The molecule has 9 N–H and O–H groups in total. The lowest BCUT2D eigenvalue weighted by molar-refractivity contribution is -0.138. The van der Waals surface area contributed by atoms with Crippen LogP contribution in [0.3, 0.4) is 0 Å². The predicted molar refractivity (Wildman–Crippen MR) is 444 cm³/mol. The van der Waals surface area contributed by atoms with E-state index in [9.17, 15) is 52.7 Å². The highest BCUT2D eigenvalue weighted by Gasteiger charge is 2.37. The number of aliphatic carboxylic acids is 2. The highest BCUT2D eigenvalue weighted by molar-refractivity contribution is 7.15. The maximum absolute atomic E-state index is 14.0. The number of amides is 7. The van der Waals surface area contributed by atoms with Crippen molar-refractivity contribution in [3.8, 4) is 23.7 Å². The van der Waals surface area contributed by atoms with Gasteiger partial charge in [-0.3, -0.25) is 33.6 Å². The molecule has 5 aliphatic rings. The van der Waals surface area contributed by atoms with Gasteiger partial charge >= 0.3 is 36.1 Å². The highest BCUT2D eigenvalue weighted by Crippen LogP contribution is 2.38. The Morgan fingerprint density at radius 3 is 1.19 bits per heavy atom. The zero-order valence-corrected chi connectivity index (χ0v) is 73.2.